The number of hydrogen-bond donors (Lipinski definition) is 2. The second kappa shape index (κ2) is 4.69. The number of carbonyl (C=O) groups is 1. The van der Waals surface area contributed by atoms with E-state index in [1.54, 1.807) is 6.92 Å². The van der Waals surface area contributed by atoms with Gasteiger partial charge in [0.1, 0.15) is 0 Å². The third-order valence-electron chi connectivity index (χ3n) is 3.25. The van der Waals surface area contributed by atoms with Crippen molar-refractivity contribution in [3.63, 3.8) is 0 Å². The molecule has 2 atom stereocenters. The van der Waals surface area contributed by atoms with Crippen LogP contribution in [0.4, 0.5) is 5.95 Å². The molecule has 0 aromatic carbocycles. The van der Waals surface area contributed by atoms with Gasteiger partial charge in [-0.15, -0.1) is 0 Å². The molecule has 1 saturated carbocycles. The van der Waals surface area contributed by atoms with Crippen LogP contribution in [0.3, 0.4) is 0 Å². The van der Waals surface area contributed by atoms with Crippen molar-refractivity contribution < 1.29 is 9.90 Å². The zero-order chi connectivity index (χ0) is 12.4. The van der Waals surface area contributed by atoms with Crippen molar-refractivity contribution in [1.82, 2.24) is 9.97 Å². The molecular formula is C12H17N3O2. The van der Waals surface area contributed by atoms with E-state index in [1.165, 1.54) is 18.9 Å². The molecule has 1 aliphatic carbocycles. The summed E-state index contributed by atoms with van der Waals surface area (Å²) in [5, 5.41) is 12.2. The maximum absolute atomic E-state index is 10.9. The van der Waals surface area contributed by atoms with Crippen LogP contribution in [-0.2, 0) is 0 Å². The van der Waals surface area contributed by atoms with Crippen LogP contribution in [0.5, 0.6) is 0 Å². The number of nitrogens with one attached hydrogen (secondary N) is 1. The van der Waals surface area contributed by atoms with Crippen molar-refractivity contribution in [1.29, 1.82) is 0 Å². The third-order valence-corrected chi connectivity index (χ3v) is 3.25. The molecule has 0 radical (unpaired) electrons. The van der Waals surface area contributed by atoms with Crippen LogP contribution < -0.4 is 5.32 Å². The summed E-state index contributed by atoms with van der Waals surface area (Å²) in [5.41, 5.74) is 0.719. The first-order chi connectivity index (χ1) is 8.06. The lowest BCUT2D eigenvalue weighted by atomic mass is 10.1. The SMILES string of the molecule is Cc1cc(C(=O)O)nc(NC2CCCC2C)n1. The zero-order valence-corrected chi connectivity index (χ0v) is 10.1. The van der Waals surface area contributed by atoms with E-state index in [1.807, 2.05) is 0 Å². The van der Waals surface area contributed by atoms with E-state index in [2.05, 4.69) is 22.2 Å². The molecule has 1 heterocycles. The number of carboxylic acid groups (broad SMARTS) is 1. The summed E-state index contributed by atoms with van der Waals surface area (Å²) in [4.78, 5) is 19.1. The maximum Gasteiger partial charge on any atom is 0.354 e. The van der Waals surface area contributed by atoms with E-state index < -0.39 is 5.97 Å². The number of aromatic carboxylic acids is 1. The first-order valence-electron chi connectivity index (χ1n) is 5.92. The van der Waals surface area contributed by atoms with Gasteiger partial charge in [0, 0.05) is 11.7 Å². The molecule has 5 nitrogen and oxygen atoms in total. The zero-order valence-electron chi connectivity index (χ0n) is 10.1. The number of rotatable bonds is 3. The number of aromatic nitrogens is 2. The summed E-state index contributed by atoms with van der Waals surface area (Å²) in [6, 6.07) is 1.84. The Hall–Kier alpha value is -1.65. The van der Waals surface area contributed by atoms with Gasteiger partial charge < -0.3 is 10.4 Å². The molecular weight excluding hydrogens is 218 g/mol. The lowest BCUT2D eigenvalue weighted by Crippen LogP contribution is -2.23. The van der Waals surface area contributed by atoms with Gasteiger partial charge in [-0.2, -0.15) is 0 Å². The van der Waals surface area contributed by atoms with Gasteiger partial charge >= 0.3 is 5.97 Å². The highest BCUT2D eigenvalue weighted by atomic mass is 16.4. The Bertz CT molecular complexity index is 434. The van der Waals surface area contributed by atoms with E-state index in [9.17, 15) is 4.79 Å². The van der Waals surface area contributed by atoms with Gasteiger partial charge in [0.2, 0.25) is 5.95 Å². The van der Waals surface area contributed by atoms with Crippen molar-refractivity contribution in [2.75, 3.05) is 5.32 Å². The van der Waals surface area contributed by atoms with Crippen molar-refractivity contribution in [2.24, 2.45) is 5.92 Å². The minimum Gasteiger partial charge on any atom is -0.477 e. The largest absolute Gasteiger partial charge is 0.477 e. The van der Waals surface area contributed by atoms with Crippen molar-refractivity contribution in [3.05, 3.63) is 17.5 Å². The Labute approximate surface area is 100 Å². The lowest BCUT2D eigenvalue weighted by Gasteiger charge is -2.17. The van der Waals surface area contributed by atoms with Crippen LogP contribution in [0, 0.1) is 12.8 Å². The Morgan fingerprint density at radius 3 is 2.82 bits per heavy atom. The van der Waals surface area contributed by atoms with Crippen LogP contribution in [0.15, 0.2) is 6.07 Å². The molecule has 17 heavy (non-hydrogen) atoms. The molecule has 0 saturated heterocycles. The fourth-order valence-corrected chi connectivity index (χ4v) is 2.27. The summed E-state index contributed by atoms with van der Waals surface area (Å²) < 4.78 is 0. The van der Waals surface area contributed by atoms with Gasteiger partial charge in [0.05, 0.1) is 0 Å². The highest BCUT2D eigenvalue weighted by Gasteiger charge is 2.24. The maximum atomic E-state index is 10.9. The lowest BCUT2D eigenvalue weighted by molar-refractivity contribution is 0.0690. The van der Waals surface area contributed by atoms with Crippen molar-refractivity contribution in [3.8, 4) is 0 Å². The molecule has 92 valence electrons. The standard InChI is InChI=1S/C12H17N3O2/c1-7-4-3-5-9(7)14-12-13-8(2)6-10(15-12)11(16)17/h6-7,9H,3-5H2,1-2H3,(H,16,17)(H,13,14,15). The molecule has 0 spiro atoms. The van der Waals surface area contributed by atoms with Gasteiger partial charge in [0.25, 0.3) is 0 Å². The predicted octanol–water partition coefficient (Wildman–Crippen LogP) is 2.08. The first kappa shape index (κ1) is 11.8. The average molecular weight is 235 g/mol. The number of carboxylic acids is 1. The normalized spacial score (nSPS) is 23.6. The van der Waals surface area contributed by atoms with E-state index in [4.69, 9.17) is 5.11 Å². The Kier molecular flexibility index (Phi) is 3.26. The Balaban J connectivity index is 2.17. The van der Waals surface area contributed by atoms with Crippen molar-refractivity contribution in [2.45, 2.75) is 39.2 Å². The highest BCUT2D eigenvalue weighted by Crippen LogP contribution is 2.27. The van der Waals surface area contributed by atoms with Gasteiger partial charge in [-0.3, -0.25) is 0 Å². The van der Waals surface area contributed by atoms with Gasteiger partial charge in [-0.1, -0.05) is 13.3 Å². The van der Waals surface area contributed by atoms with Gasteiger partial charge in [-0.25, -0.2) is 14.8 Å². The number of anilines is 1. The van der Waals surface area contributed by atoms with E-state index in [0.717, 1.165) is 6.42 Å². The molecule has 1 aliphatic rings. The smallest absolute Gasteiger partial charge is 0.354 e. The second-order valence-electron chi connectivity index (χ2n) is 4.68. The Morgan fingerprint density at radius 1 is 1.47 bits per heavy atom. The second-order valence-corrected chi connectivity index (χ2v) is 4.68. The van der Waals surface area contributed by atoms with E-state index >= 15 is 0 Å². The van der Waals surface area contributed by atoms with Gasteiger partial charge in [-0.05, 0) is 31.7 Å². The summed E-state index contributed by atoms with van der Waals surface area (Å²) in [7, 11) is 0. The molecule has 0 amide bonds. The molecule has 5 heteroatoms. The fraction of sp³-hybridized carbons (Fsp3) is 0.583. The average Bonchev–Trinajstić information content (AvgIpc) is 2.63. The molecule has 0 bridgehead atoms. The molecule has 2 N–H and O–H groups in total. The minimum atomic E-state index is -1.02. The molecule has 2 unspecified atom stereocenters. The quantitative estimate of drug-likeness (QED) is 0.839. The fourth-order valence-electron chi connectivity index (χ4n) is 2.27. The summed E-state index contributed by atoms with van der Waals surface area (Å²) >= 11 is 0. The van der Waals surface area contributed by atoms with Crippen LogP contribution in [0.2, 0.25) is 0 Å². The number of hydrogen-bond acceptors (Lipinski definition) is 4. The first-order valence-corrected chi connectivity index (χ1v) is 5.92. The van der Waals surface area contributed by atoms with E-state index in [0.29, 0.717) is 23.6 Å². The highest BCUT2D eigenvalue weighted by molar-refractivity contribution is 5.85. The molecule has 0 aliphatic heterocycles. The van der Waals surface area contributed by atoms with E-state index in [-0.39, 0.29) is 5.69 Å². The number of nitrogens with zero attached hydrogens (tertiary/aromatic N) is 2. The summed E-state index contributed by atoms with van der Waals surface area (Å²) in [6.45, 7) is 3.97. The van der Waals surface area contributed by atoms with Crippen LogP contribution in [0.25, 0.3) is 0 Å². The topological polar surface area (TPSA) is 75.1 Å². The van der Waals surface area contributed by atoms with Crippen molar-refractivity contribution >= 4 is 11.9 Å². The van der Waals surface area contributed by atoms with Crippen LogP contribution >= 0.6 is 0 Å². The molecule has 1 aromatic heterocycles. The molecule has 1 fully saturated rings. The Morgan fingerprint density at radius 2 is 2.24 bits per heavy atom. The third kappa shape index (κ3) is 2.72. The minimum absolute atomic E-state index is 0.0469. The molecule has 1 aromatic rings. The monoisotopic (exact) mass is 235 g/mol. The van der Waals surface area contributed by atoms with Crippen LogP contribution in [-0.4, -0.2) is 27.1 Å². The molecule has 2 rings (SSSR count). The number of aryl methyl sites for hydroxylation is 1. The summed E-state index contributed by atoms with van der Waals surface area (Å²) in [6.07, 6.45) is 3.51. The van der Waals surface area contributed by atoms with Crippen LogP contribution in [0.1, 0.15) is 42.4 Å². The summed E-state index contributed by atoms with van der Waals surface area (Å²) in [5.74, 6) is 0.00607. The van der Waals surface area contributed by atoms with Gasteiger partial charge in [0.15, 0.2) is 5.69 Å². The predicted molar refractivity (Wildman–Crippen MR) is 64.2 cm³/mol.